The molecule has 0 bridgehead atoms. The molecule has 1 heterocycles. The van der Waals surface area contributed by atoms with E-state index < -0.39 is 0 Å². The van der Waals surface area contributed by atoms with Gasteiger partial charge in [-0.15, -0.1) is 0 Å². The highest BCUT2D eigenvalue weighted by Crippen LogP contribution is 2.35. The maximum Gasteiger partial charge on any atom is 0.267 e. The van der Waals surface area contributed by atoms with E-state index in [1.807, 2.05) is 18.3 Å². The summed E-state index contributed by atoms with van der Waals surface area (Å²) in [6.45, 7) is 1.45. The third kappa shape index (κ3) is 4.10. The van der Waals surface area contributed by atoms with Crippen LogP contribution >= 0.6 is 0 Å². The number of nitrogens with zero attached hydrogens (tertiary/aromatic N) is 1. The summed E-state index contributed by atoms with van der Waals surface area (Å²) in [4.78, 5) is 12.2. The number of carbonyl (C=O) groups excluding carboxylic acids is 1. The molecule has 0 aromatic carbocycles. The fraction of sp³-hybridized carbons (Fsp3) is 0.706. The standard InChI is InChI=1S/C17H26N2O2/c20-17(16-8-4-12-19(16)14-9-10-14)18-11-5-13-21-15-6-2-1-3-7-15/h4,8,12,14-15H,1-3,5-7,9-11,13H2,(H,18,20). The van der Waals surface area contributed by atoms with E-state index in [9.17, 15) is 4.79 Å². The van der Waals surface area contributed by atoms with Crippen LogP contribution in [0.25, 0.3) is 0 Å². The largest absolute Gasteiger partial charge is 0.378 e. The molecule has 4 nitrogen and oxygen atoms in total. The molecule has 116 valence electrons. The van der Waals surface area contributed by atoms with Gasteiger partial charge in [-0.05, 0) is 44.2 Å². The number of carbonyl (C=O) groups is 1. The number of nitrogens with one attached hydrogen (secondary N) is 1. The lowest BCUT2D eigenvalue weighted by Crippen LogP contribution is -2.28. The average Bonchev–Trinajstić information content (AvgIpc) is 3.24. The van der Waals surface area contributed by atoms with Crippen LogP contribution in [-0.2, 0) is 4.74 Å². The second kappa shape index (κ2) is 7.12. The van der Waals surface area contributed by atoms with Crippen LogP contribution in [0.15, 0.2) is 18.3 Å². The van der Waals surface area contributed by atoms with Crippen molar-refractivity contribution in [1.82, 2.24) is 9.88 Å². The molecule has 0 spiro atoms. The first kappa shape index (κ1) is 14.6. The topological polar surface area (TPSA) is 43.3 Å². The zero-order valence-corrected chi connectivity index (χ0v) is 12.7. The van der Waals surface area contributed by atoms with Gasteiger partial charge in [-0.25, -0.2) is 0 Å². The minimum absolute atomic E-state index is 0.0459. The number of hydrogen-bond donors (Lipinski definition) is 1. The lowest BCUT2D eigenvalue weighted by molar-refractivity contribution is 0.0273. The molecule has 3 rings (SSSR count). The fourth-order valence-corrected chi connectivity index (χ4v) is 3.10. The summed E-state index contributed by atoms with van der Waals surface area (Å²) in [5, 5.41) is 3.01. The summed E-state index contributed by atoms with van der Waals surface area (Å²) < 4.78 is 7.98. The highest BCUT2D eigenvalue weighted by atomic mass is 16.5. The van der Waals surface area contributed by atoms with E-state index in [0.29, 0.717) is 18.7 Å². The highest BCUT2D eigenvalue weighted by molar-refractivity contribution is 5.92. The van der Waals surface area contributed by atoms with Crippen molar-refractivity contribution in [3.05, 3.63) is 24.0 Å². The van der Waals surface area contributed by atoms with Gasteiger partial charge >= 0.3 is 0 Å². The second-order valence-corrected chi connectivity index (χ2v) is 6.27. The van der Waals surface area contributed by atoms with Crippen molar-refractivity contribution < 1.29 is 9.53 Å². The third-order valence-electron chi connectivity index (χ3n) is 4.46. The Bertz CT molecular complexity index is 459. The number of aromatic nitrogens is 1. The molecule has 0 aliphatic heterocycles. The van der Waals surface area contributed by atoms with Gasteiger partial charge in [0.25, 0.3) is 5.91 Å². The molecule has 0 radical (unpaired) electrons. The van der Waals surface area contributed by atoms with Gasteiger partial charge < -0.3 is 14.6 Å². The maximum absolute atomic E-state index is 12.2. The van der Waals surface area contributed by atoms with Gasteiger partial charge in [0.2, 0.25) is 0 Å². The van der Waals surface area contributed by atoms with Crippen LogP contribution in [0.5, 0.6) is 0 Å². The minimum Gasteiger partial charge on any atom is -0.378 e. The summed E-state index contributed by atoms with van der Waals surface area (Å²) in [6.07, 6.45) is 12.2. The second-order valence-electron chi connectivity index (χ2n) is 6.27. The number of ether oxygens (including phenoxy) is 1. The van der Waals surface area contributed by atoms with Gasteiger partial charge in [-0.2, -0.15) is 0 Å². The van der Waals surface area contributed by atoms with E-state index in [1.165, 1.54) is 44.9 Å². The van der Waals surface area contributed by atoms with Gasteiger partial charge in [0.1, 0.15) is 5.69 Å². The van der Waals surface area contributed by atoms with Gasteiger partial charge in [-0.3, -0.25) is 4.79 Å². The number of amides is 1. The van der Waals surface area contributed by atoms with Crippen LogP contribution < -0.4 is 5.32 Å². The first-order valence-corrected chi connectivity index (χ1v) is 8.41. The smallest absolute Gasteiger partial charge is 0.267 e. The lowest BCUT2D eigenvalue weighted by atomic mass is 9.98. The molecular weight excluding hydrogens is 264 g/mol. The Labute approximate surface area is 126 Å². The normalized spacial score (nSPS) is 19.6. The summed E-state index contributed by atoms with van der Waals surface area (Å²) in [6, 6.07) is 4.42. The van der Waals surface area contributed by atoms with Crippen LogP contribution in [-0.4, -0.2) is 29.7 Å². The van der Waals surface area contributed by atoms with Crippen molar-refractivity contribution in [1.29, 1.82) is 0 Å². The molecular formula is C17H26N2O2. The molecule has 1 aromatic heterocycles. The van der Waals surface area contributed by atoms with Crippen molar-refractivity contribution in [3.8, 4) is 0 Å². The molecule has 0 atom stereocenters. The van der Waals surface area contributed by atoms with Crippen molar-refractivity contribution in [2.24, 2.45) is 0 Å². The fourth-order valence-electron chi connectivity index (χ4n) is 3.10. The maximum atomic E-state index is 12.2. The average molecular weight is 290 g/mol. The zero-order valence-electron chi connectivity index (χ0n) is 12.7. The molecule has 0 saturated heterocycles. The monoisotopic (exact) mass is 290 g/mol. The van der Waals surface area contributed by atoms with Gasteiger partial charge in [-0.1, -0.05) is 19.3 Å². The van der Waals surface area contributed by atoms with Gasteiger partial charge in [0.15, 0.2) is 0 Å². The van der Waals surface area contributed by atoms with Gasteiger partial charge in [0.05, 0.1) is 6.10 Å². The van der Waals surface area contributed by atoms with E-state index in [-0.39, 0.29) is 5.91 Å². The third-order valence-corrected chi connectivity index (χ3v) is 4.46. The first-order valence-electron chi connectivity index (χ1n) is 8.41. The van der Waals surface area contributed by atoms with E-state index in [0.717, 1.165) is 18.7 Å². The van der Waals surface area contributed by atoms with E-state index in [1.54, 1.807) is 0 Å². The summed E-state index contributed by atoms with van der Waals surface area (Å²) in [5.41, 5.74) is 0.797. The minimum atomic E-state index is 0.0459. The lowest BCUT2D eigenvalue weighted by Gasteiger charge is -2.21. The van der Waals surface area contributed by atoms with Crippen LogP contribution in [0.2, 0.25) is 0 Å². The van der Waals surface area contributed by atoms with Crippen molar-refractivity contribution in [2.75, 3.05) is 13.2 Å². The molecule has 2 saturated carbocycles. The van der Waals surface area contributed by atoms with E-state index in [4.69, 9.17) is 4.74 Å². The molecule has 1 aromatic rings. The highest BCUT2D eigenvalue weighted by Gasteiger charge is 2.26. The summed E-state index contributed by atoms with van der Waals surface area (Å²) in [5.74, 6) is 0.0459. The van der Waals surface area contributed by atoms with Crippen LogP contribution in [0.4, 0.5) is 0 Å². The Morgan fingerprint density at radius 3 is 2.81 bits per heavy atom. The quantitative estimate of drug-likeness (QED) is 0.783. The Kier molecular flexibility index (Phi) is 4.96. The van der Waals surface area contributed by atoms with Crippen molar-refractivity contribution in [3.63, 3.8) is 0 Å². The number of hydrogen-bond acceptors (Lipinski definition) is 2. The summed E-state index contributed by atoms with van der Waals surface area (Å²) >= 11 is 0. The Morgan fingerprint density at radius 1 is 1.24 bits per heavy atom. The molecule has 21 heavy (non-hydrogen) atoms. The molecule has 1 amide bonds. The molecule has 2 aliphatic rings. The SMILES string of the molecule is O=C(NCCCOC1CCCCC1)c1cccn1C1CC1. The van der Waals surface area contributed by atoms with Crippen LogP contribution in [0, 0.1) is 0 Å². The predicted molar refractivity (Wildman–Crippen MR) is 82.5 cm³/mol. The van der Waals surface area contributed by atoms with E-state index >= 15 is 0 Å². The number of rotatable bonds is 7. The van der Waals surface area contributed by atoms with Crippen LogP contribution in [0.1, 0.15) is 67.9 Å². The molecule has 1 N–H and O–H groups in total. The van der Waals surface area contributed by atoms with Gasteiger partial charge in [0, 0.05) is 25.4 Å². The van der Waals surface area contributed by atoms with Crippen molar-refractivity contribution in [2.45, 2.75) is 63.5 Å². The summed E-state index contributed by atoms with van der Waals surface area (Å²) in [7, 11) is 0. The zero-order chi connectivity index (χ0) is 14.5. The van der Waals surface area contributed by atoms with E-state index in [2.05, 4.69) is 9.88 Å². The Hall–Kier alpha value is -1.29. The molecule has 2 aliphatic carbocycles. The Morgan fingerprint density at radius 2 is 2.05 bits per heavy atom. The molecule has 4 heteroatoms. The van der Waals surface area contributed by atoms with Crippen LogP contribution in [0.3, 0.4) is 0 Å². The molecule has 2 fully saturated rings. The molecule has 0 unspecified atom stereocenters. The Balaban J connectivity index is 1.33. The first-order chi connectivity index (χ1) is 10.3. The predicted octanol–water partition coefficient (Wildman–Crippen LogP) is 3.29. The van der Waals surface area contributed by atoms with Crippen molar-refractivity contribution >= 4 is 5.91 Å².